The lowest BCUT2D eigenvalue weighted by Gasteiger charge is -2.24. The van der Waals surface area contributed by atoms with Crippen molar-refractivity contribution in [2.45, 2.75) is 32.2 Å². The Labute approximate surface area is 174 Å². The number of hydrogen-bond donors (Lipinski definition) is 2. The highest BCUT2D eigenvalue weighted by Gasteiger charge is 2.27. The van der Waals surface area contributed by atoms with Crippen molar-refractivity contribution in [2.75, 3.05) is 0 Å². The van der Waals surface area contributed by atoms with Crippen LogP contribution in [-0.4, -0.2) is 30.9 Å². The molecule has 3 aromatic heterocycles. The highest BCUT2D eigenvalue weighted by Crippen LogP contribution is 2.31. The third-order valence-corrected chi connectivity index (χ3v) is 5.55. The van der Waals surface area contributed by atoms with E-state index in [0.717, 1.165) is 53.2 Å². The number of H-pyrrole nitrogens is 1. The molecule has 0 spiro atoms. The number of benzene rings is 1. The number of nitrogens with zero attached hydrogens (tertiary/aromatic N) is 4. The first-order valence-corrected chi connectivity index (χ1v) is 10.1. The number of carbonyl (C=O) groups is 1. The van der Waals surface area contributed by atoms with E-state index in [1.54, 1.807) is 12.4 Å². The van der Waals surface area contributed by atoms with Gasteiger partial charge in [0.1, 0.15) is 0 Å². The van der Waals surface area contributed by atoms with E-state index in [0.29, 0.717) is 5.56 Å². The Morgan fingerprint density at radius 2 is 2.13 bits per heavy atom. The molecular formula is C23H22N6O. The second-order valence-electron chi connectivity index (χ2n) is 7.59. The highest BCUT2D eigenvalue weighted by molar-refractivity contribution is 6.00. The summed E-state index contributed by atoms with van der Waals surface area (Å²) in [6, 6.07) is 13.7. The number of aryl methyl sites for hydroxylation is 1. The molecule has 0 saturated heterocycles. The van der Waals surface area contributed by atoms with Gasteiger partial charge in [0.15, 0.2) is 5.82 Å². The summed E-state index contributed by atoms with van der Waals surface area (Å²) in [5.41, 5.74) is 5.52. The molecule has 1 aromatic carbocycles. The zero-order valence-electron chi connectivity index (χ0n) is 16.7. The molecule has 1 amide bonds. The van der Waals surface area contributed by atoms with Crippen molar-refractivity contribution >= 4 is 5.91 Å². The lowest BCUT2D eigenvalue weighted by atomic mass is 9.92. The number of pyridine rings is 1. The molecule has 2 N–H and O–H groups in total. The smallest absolute Gasteiger partial charge is 0.255 e. The van der Waals surface area contributed by atoms with Crippen LogP contribution in [0, 0.1) is 6.92 Å². The fourth-order valence-electron chi connectivity index (χ4n) is 4.10. The summed E-state index contributed by atoms with van der Waals surface area (Å²) in [4.78, 5) is 17.5. The van der Waals surface area contributed by atoms with Gasteiger partial charge in [0, 0.05) is 17.3 Å². The summed E-state index contributed by atoms with van der Waals surface area (Å²) < 4.78 is 1.88. The van der Waals surface area contributed by atoms with E-state index in [9.17, 15) is 4.79 Å². The molecule has 0 aliphatic heterocycles. The minimum absolute atomic E-state index is 0.0843. The van der Waals surface area contributed by atoms with Crippen LogP contribution >= 0.6 is 0 Å². The van der Waals surface area contributed by atoms with E-state index in [-0.39, 0.29) is 11.9 Å². The molecule has 7 heteroatoms. The molecule has 0 saturated carbocycles. The first kappa shape index (κ1) is 18.3. The molecule has 0 radical (unpaired) electrons. The number of aromatic nitrogens is 5. The number of hydrogen-bond acceptors (Lipinski definition) is 4. The Morgan fingerprint density at radius 3 is 2.97 bits per heavy atom. The van der Waals surface area contributed by atoms with Crippen molar-refractivity contribution < 1.29 is 4.79 Å². The lowest BCUT2D eigenvalue weighted by molar-refractivity contribution is 0.0933. The molecule has 3 heterocycles. The maximum atomic E-state index is 13.1. The average molecular weight is 398 g/mol. The first-order chi connectivity index (χ1) is 14.7. The van der Waals surface area contributed by atoms with Gasteiger partial charge in [0.2, 0.25) is 0 Å². The van der Waals surface area contributed by atoms with Crippen LogP contribution < -0.4 is 5.32 Å². The third-order valence-electron chi connectivity index (χ3n) is 5.55. The van der Waals surface area contributed by atoms with Crippen molar-refractivity contribution in [3.05, 3.63) is 83.4 Å². The topological polar surface area (TPSA) is 88.5 Å². The molecule has 7 nitrogen and oxygen atoms in total. The molecule has 30 heavy (non-hydrogen) atoms. The number of nitrogens with one attached hydrogen (secondary N) is 2. The molecule has 1 atom stereocenters. The normalized spacial score (nSPS) is 15.6. The Hall–Kier alpha value is -3.74. The van der Waals surface area contributed by atoms with E-state index in [4.69, 9.17) is 0 Å². The zero-order valence-corrected chi connectivity index (χ0v) is 16.7. The van der Waals surface area contributed by atoms with Gasteiger partial charge in [0.25, 0.3) is 5.91 Å². The van der Waals surface area contributed by atoms with E-state index in [1.807, 2.05) is 60.3 Å². The van der Waals surface area contributed by atoms with Gasteiger partial charge in [0.05, 0.1) is 35.4 Å². The summed E-state index contributed by atoms with van der Waals surface area (Å²) in [6.07, 6.45) is 7.98. The maximum absolute atomic E-state index is 13.1. The van der Waals surface area contributed by atoms with Gasteiger partial charge in [-0.1, -0.05) is 29.8 Å². The predicted octanol–water partition coefficient (Wildman–Crippen LogP) is 3.77. The first-order valence-electron chi connectivity index (χ1n) is 10.1. The van der Waals surface area contributed by atoms with Crippen LogP contribution in [0.3, 0.4) is 0 Å². The van der Waals surface area contributed by atoms with Crippen LogP contribution in [0.5, 0.6) is 0 Å². The average Bonchev–Trinajstić information content (AvgIpc) is 3.42. The van der Waals surface area contributed by atoms with Gasteiger partial charge in [-0.05, 0) is 44.4 Å². The molecule has 1 aliphatic rings. The molecule has 4 aromatic rings. The fraction of sp³-hybridized carbons (Fsp3) is 0.217. The van der Waals surface area contributed by atoms with Crippen LogP contribution in [0.4, 0.5) is 0 Å². The van der Waals surface area contributed by atoms with Crippen LogP contribution in [0.1, 0.15) is 46.1 Å². The summed E-state index contributed by atoms with van der Waals surface area (Å²) in [7, 11) is 0. The predicted molar refractivity (Wildman–Crippen MR) is 113 cm³/mol. The van der Waals surface area contributed by atoms with Gasteiger partial charge < -0.3 is 5.32 Å². The van der Waals surface area contributed by atoms with E-state index >= 15 is 0 Å². The molecular weight excluding hydrogens is 376 g/mol. The van der Waals surface area contributed by atoms with Gasteiger partial charge in [-0.2, -0.15) is 10.2 Å². The Balaban J connectivity index is 1.42. The standard InChI is InChI=1S/C23H22N6O/c1-15-6-4-7-16(12-15)22-18(13-25-28-22)23(30)27-19-8-5-9-20-17(19)14-26-29(20)21-10-2-3-11-24-21/h2-4,6-7,10-14,19H,5,8-9H2,1H3,(H,25,28)(H,27,30). The minimum Gasteiger partial charge on any atom is -0.345 e. The number of rotatable bonds is 4. The molecule has 1 aliphatic carbocycles. The summed E-state index contributed by atoms with van der Waals surface area (Å²) in [5.74, 6) is 0.658. The van der Waals surface area contributed by atoms with Crippen molar-refractivity contribution in [1.29, 1.82) is 0 Å². The SMILES string of the molecule is Cc1cccc(-c2[nH]ncc2C(=O)NC2CCCc3c2cnn3-c2ccccn2)c1. The van der Waals surface area contributed by atoms with Crippen molar-refractivity contribution in [3.63, 3.8) is 0 Å². The molecule has 1 unspecified atom stereocenters. The van der Waals surface area contributed by atoms with E-state index < -0.39 is 0 Å². The van der Waals surface area contributed by atoms with E-state index in [1.165, 1.54) is 0 Å². The van der Waals surface area contributed by atoms with Crippen LogP contribution in [0.25, 0.3) is 17.1 Å². The van der Waals surface area contributed by atoms with Gasteiger partial charge in [-0.25, -0.2) is 9.67 Å². The molecule has 150 valence electrons. The van der Waals surface area contributed by atoms with Crippen LogP contribution in [0.15, 0.2) is 61.1 Å². The van der Waals surface area contributed by atoms with Gasteiger partial charge in [-0.3, -0.25) is 9.89 Å². The number of carbonyl (C=O) groups excluding carboxylic acids is 1. The van der Waals surface area contributed by atoms with Crippen molar-refractivity contribution in [1.82, 2.24) is 30.3 Å². The van der Waals surface area contributed by atoms with Crippen LogP contribution in [-0.2, 0) is 6.42 Å². The quantitative estimate of drug-likeness (QED) is 0.548. The third kappa shape index (κ3) is 3.28. The maximum Gasteiger partial charge on any atom is 0.255 e. The second kappa shape index (κ2) is 7.59. The lowest BCUT2D eigenvalue weighted by Crippen LogP contribution is -2.31. The summed E-state index contributed by atoms with van der Waals surface area (Å²) in [6.45, 7) is 2.03. The highest BCUT2D eigenvalue weighted by atomic mass is 16.1. The van der Waals surface area contributed by atoms with E-state index in [2.05, 4.69) is 25.6 Å². The second-order valence-corrected chi connectivity index (χ2v) is 7.59. The van der Waals surface area contributed by atoms with Gasteiger partial charge >= 0.3 is 0 Å². The number of amides is 1. The monoisotopic (exact) mass is 398 g/mol. The van der Waals surface area contributed by atoms with Gasteiger partial charge in [-0.15, -0.1) is 0 Å². The Kier molecular flexibility index (Phi) is 4.63. The largest absolute Gasteiger partial charge is 0.345 e. The fourth-order valence-corrected chi connectivity index (χ4v) is 4.10. The Bertz CT molecular complexity index is 1190. The minimum atomic E-state index is -0.135. The number of fused-ring (bicyclic) bond motifs is 1. The summed E-state index contributed by atoms with van der Waals surface area (Å²) >= 11 is 0. The number of aromatic amines is 1. The van der Waals surface area contributed by atoms with Crippen LogP contribution in [0.2, 0.25) is 0 Å². The zero-order chi connectivity index (χ0) is 20.5. The Morgan fingerprint density at radius 1 is 1.20 bits per heavy atom. The molecule has 0 fully saturated rings. The molecule has 0 bridgehead atoms. The van der Waals surface area contributed by atoms with Crippen molar-refractivity contribution in [3.8, 4) is 17.1 Å². The summed E-state index contributed by atoms with van der Waals surface area (Å²) in [5, 5.41) is 14.8. The van der Waals surface area contributed by atoms with Crippen molar-refractivity contribution in [2.24, 2.45) is 0 Å². The molecule has 5 rings (SSSR count).